The molecular formula is C26H39NO4S. The summed E-state index contributed by atoms with van der Waals surface area (Å²) in [4.78, 5) is 24.4. The summed E-state index contributed by atoms with van der Waals surface area (Å²) in [6.45, 7) is 10.8. The van der Waals surface area contributed by atoms with Crippen molar-refractivity contribution in [3.05, 3.63) is 15.8 Å². The summed E-state index contributed by atoms with van der Waals surface area (Å²) >= 11 is 1.21. The number of hydroxylamine groups is 1. The van der Waals surface area contributed by atoms with Crippen LogP contribution in [0.2, 0.25) is 0 Å². The number of nitrogens with zero attached hydrogens (tertiary/aromatic N) is 1. The first-order chi connectivity index (χ1) is 15.0. The van der Waals surface area contributed by atoms with Crippen molar-refractivity contribution in [2.45, 2.75) is 92.0 Å². The lowest BCUT2D eigenvalue weighted by molar-refractivity contribution is -0.120. The molecule has 0 aliphatic heterocycles. The third-order valence-corrected chi connectivity index (χ3v) is 7.07. The second-order valence-electron chi connectivity index (χ2n) is 10.3. The van der Waals surface area contributed by atoms with E-state index in [2.05, 4.69) is 25.7 Å². The van der Waals surface area contributed by atoms with Gasteiger partial charge >= 0.3 is 5.97 Å². The minimum atomic E-state index is -0.496. The lowest BCUT2D eigenvalue weighted by Gasteiger charge is -2.29. The maximum Gasteiger partial charge on any atom is 0.350 e. The molecule has 2 aliphatic carbocycles. The molecule has 5 nitrogen and oxygen atoms in total. The predicted molar refractivity (Wildman–Crippen MR) is 130 cm³/mol. The number of carbonyl (C=O) groups excluding carboxylic acids is 2. The highest BCUT2D eigenvalue weighted by Gasteiger charge is 2.28. The maximum absolute atomic E-state index is 12.0. The van der Waals surface area contributed by atoms with Crippen molar-refractivity contribution in [2.75, 3.05) is 12.2 Å². The van der Waals surface area contributed by atoms with Crippen LogP contribution in [0.3, 0.4) is 0 Å². The Labute approximate surface area is 197 Å². The quantitative estimate of drug-likeness (QED) is 0.317. The number of esters is 1. The Morgan fingerprint density at radius 1 is 1.09 bits per heavy atom. The van der Waals surface area contributed by atoms with E-state index in [1.165, 1.54) is 44.1 Å². The van der Waals surface area contributed by atoms with Gasteiger partial charge in [-0.2, -0.15) is 0 Å². The van der Waals surface area contributed by atoms with Crippen molar-refractivity contribution in [1.82, 2.24) is 0 Å². The largest absolute Gasteiger partial charge is 0.465 e. The van der Waals surface area contributed by atoms with E-state index in [1.54, 1.807) is 6.07 Å². The van der Waals surface area contributed by atoms with E-state index in [0.29, 0.717) is 41.1 Å². The Morgan fingerprint density at radius 2 is 1.62 bits per heavy atom. The standard InChI is InChI=1S/C18H23NO4S.C8H16/c1-18(2,3)10-9-14-11-15(16(24-14)17(21)23-4)19(22)12-5-7-13(20)8-6-12;1-7-3-5-8(2)6-4-7/h11-12,22H,5-8H2,1-4H3;7-8H,3-6H2,1-2H3. The van der Waals surface area contributed by atoms with Crippen LogP contribution < -0.4 is 5.06 Å². The highest BCUT2D eigenvalue weighted by molar-refractivity contribution is 7.15. The molecule has 0 spiro atoms. The van der Waals surface area contributed by atoms with Crippen molar-refractivity contribution >= 4 is 28.8 Å². The Morgan fingerprint density at radius 3 is 2.09 bits per heavy atom. The van der Waals surface area contributed by atoms with E-state index >= 15 is 0 Å². The molecule has 0 bridgehead atoms. The van der Waals surface area contributed by atoms with Gasteiger partial charge in [-0.15, -0.1) is 11.3 Å². The molecule has 0 saturated heterocycles. The minimum Gasteiger partial charge on any atom is -0.465 e. The monoisotopic (exact) mass is 461 g/mol. The number of hydrogen-bond acceptors (Lipinski definition) is 6. The summed E-state index contributed by atoms with van der Waals surface area (Å²) in [5.41, 5.74) is 0.252. The Kier molecular flexibility index (Phi) is 9.79. The number of ketones is 1. The molecule has 0 aromatic carbocycles. The molecule has 0 radical (unpaired) electrons. The normalized spacial score (nSPS) is 21.7. The number of anilines is 1. The molecule has 1 aromatic rings. The topological polar surface area (TPSA) is 66.8 Å². The van der Waals surface area contributed by atoms with Gasteiger partial charge in [0.05, 0.1) is 23.7 Å². The lowest BCUT2D eigenvalue weighted by Crippen LogP contribution is -2.36. The highest BCUT2D eigenvalue weighted by Crippen LogP contribution is 2.34. The first-order valence-electron chi connectivity index (χ1n) is 11.7. The predicted octanol–water partition coefficient (Wildman–Crippen LogP) is 6.47. The molecule has 178 valence electrons. The zero-order valence-electron chi connectivity index (χ0n) is 20.5. The summed E-state index contributed by atoms with van der Waals surface area (Å²) < 4.78 is 4.82. The molecule has 2 aliphatic rings. The number of thiophene rings is 1. The summed E-state index contributed by atoms with van der Waals surface area (Å²) in [5, 5.41) is 11.7. The Balaban J connectivity index is 0.000000380. The van der Waals surface area contributed by atoms with Crippen LogP contribution in [0.15, 0.2) is 6.07 Å². The average molecular weight is 462 g/mol. The number of rotatable bonds is 3. The molecule has 2 fully saturated rings. The molecule has 1 N–H and O–H groups in total. The van der Waals surface area contributed by atoms with Crippen LogP contribution in [0.1, 0.15) is 101 Å². The van der Waals surface area contributed by atoms with Crippen LogP contribution in [0.5, 0.6) is 0 Å². The van der Waals surface area contributed by atoms with E-state index in [-0.39, 0.29) is 17.2 Å². The second kappa shape index (κ2) is 11.9. The molecule has 0 amide bonds. The van der Waals surface area contributed by atoms with Crippen molar-refractivity contribution in [3.63, 3.8) is 0 Å². The minimum absolute atomic E-state index is 0.155. The highest BCUT2D eigenvalue weighted by atomic mass is 32.1. The van der Waals surface area contributed by atoms with E-state index in [9.17, 15) is 14.8 Å². The molecule has 0 atom stereocenters. The smallest absolute Gasteiger partial charge is 0.350 e. The molecule has 1 aromatic heterocycles. The van der Waals surface area contributed by atoms with E-state index in [1.807, 2.05) is 20.8 Å². The Hall–Kier alpha value is -1.84. The number of Topliss-reactive ketones (excluding diaryl/α,β-unsaturated/α-hetero) is 1. The van der Waals surface area contributed by atoms with Crippen molar-refractivity contribution in [2.24, 2.45) is 17.3 Å². The third-order valence-electron chi connectivity index (χ3n) is 6.05. The van der Waals surface area contributed by atoms with Crippen molar-refractivity contribution in [3.8, 4) is 11.8 Å². The molecule has 3 rings (SSSR count). The molecule has 2 saturated carbocycles. The van der Waals surface area contributed by atoms with Gasteiger partial charge in [0.1, 0.15) is 10.7 Å². The lowest BCUT2D eigenvalue weighted by atomic mass is 9.84. The SMILES string of the molecule is CC1CCC(C)CC1.COC(=O)c1sc(C#CC(C)(C)C)cc1N(O)C1CCC(=O)CC1. The van der Waals surface area contributed by atoms with Crippen LogP contribution in [-0.2, 0) is 9.53 Å². The molecule has 6 heteroatoms. The van der Waals surface area contributed by atoms with Crippen LogP contribution in [-0.4, -0.2) is 30.1 Å². The van der Waals surface area contributed by atoms with Gasteiger partial charge in [-0.25, -0.2) is 4.79 Å². The van der Waals surface area contributed by atoms with Crippen molar-refractivity contribution in [1.29, 1.82) is 0 Å². The van der Waals surface area contributed by atoms with Crippen LogP contribution in [0.25, 0.3) is 0 Å². The van der Waals surface area contributed by atoms with Gasteiger partial charge in [-0.3, -0.25) is 15.1 Å². The zero-order chi connectivity index (χ0) is 23.9. The fraction of sp³-hybridized carbons (Fsp3) is 0.692. The first kappa shape index (κ1) is 26.4. The number of carbonyl (C=O) groups is 2. The summed E-state index contributed by atoms with van der Waals surface area (Å²) in [6, 6.07) is 1.54. The zero-order valence-corrected chi connectivity index (χ0v) is 21.3. The Bertz CT molecular complexity index is 814. The van der Waals surface area contributed by atoms with Gasteiger partial charge in [-0.05, 0) is 51.5 Å². The molecule has 1 heterocycles. The van der Waals surface area contributed by atoms with Gasteiger partial charge in [0.15, 0.2) is 0 Å². The third kappa shape index (κ3) is 8.26. The van der Waals surface area contributed by atoms with Crippen molar-refractivity contribution < 1.29 is 19.5 Å². The van der Waals surface area contributed by atoms with Crippen LogP contribution >= 0.6 is 11.3 Å². The maximum atomic E-state index is 12.0. The fourth-order valence-corrected chi connectivity index (χ4v) is 4.81. The number of methoxy groups -OCH3 is 1. The average Bonchev–Trinajstić information content (AvgIpc) is 3.18. The van der Waals surface area contributed by atoms with Crippen LogP contribution in [0.4, 0.5) is 5.69 Å². The molecule has 32 heavy (non-hydrogen) atoms. The van der Waals surface area contributed by atoms with Crippen LogP contribution in [0, 0.1) is 29.1 Å². The summed E-state index contributed by atoms with van der Waals surface area (Å²) in [6.07, 6.45) is 7.96. The summed E-state index contributed by atoms with van der Waals surface area (Å²) in [7, 11) is 1.31. The van der Waals surface area contributed by atoms with Gasteiger partial charge in [0.2, 0.25) is 0 Å². The van der Waals surface area contributed by atoms with Gasteiger partial charge in [-0.1, -0.05) is 51.4 Å². The van der Waals surface area contributed by atoms with E-state index < -0.39 is 5.97 Å². The van der Waals surface area contributed by atoms with Gasteiger partial charge < -0.3 is 4.74 Å². The number of ether oxygens (including phenoxy) is 1. The second-order valence-corrected chi connectivity index (χ2v) is 11.3. The molecular weight excluding hydrogens is 422 g/mol. The van der Waals surface area contributed by atoms with Gasteiger partial charge in [0, 0.05) is 18.3 Å². The van der Waals surface area contributed by atoms with E-state index in [4.69, 9.17) is 4.74 Å². The first-order valence-corrected chi connectivity index (χ1v) is 12.6. The fourth-order valence-electron chi connectivity index (χ4n) is 3.89. The van der Waals surface area contributed by atoms with Gasteiger partial charge in [0.25, 0.3) is 0 Å². The number of hydrogen-bond donors (Lipinski definition) is 1. The molecule has 0 unspecified atom stereocenters. The van der Waals surface area contributed by atoms with E-state index in [0.717, 1.165) is 16.9 Å². The summed E-state index contributed by atoms with van der Waals surface area (Å²) in [5.74, 6) is 7.94.